The molecular formula is C22H18N2O5. The van der Waals surface area contributed by atoms with Gasteiger partial charge in [-0.3, -0.25) is 9.59 Å². The van der Waals surface area contributed by atoms with Crippen LogP contribution < -0.4 is 11.1 Å². The van der Waals surface area contributed by atoms with Crippen LogP contribution in [0.1, 0.15) is 22.8 Å². The molecule has 1 amide bonds. The zero-order chi connectivity index (χ0) is 20.8. The molecule has 2 aromatic carbocycles. The SMILES string of the molecule is COC(=O)C1=C(N)OC(C)=C(C(=O)c2ccccc2)C12C(=O)Nc1ccccc12. The number of benzene rings is 2. The van der Waals surface area contributed by atoms with Gasteiger partial charge in [0.15, 0.2) is 5.78 Å². The summed E-state index contributed by atoms with van der Waals surface area (Å²) in [6, 6.07) is 15.3. The van der Waals surface area contributed by atoms with Crippen molar-refractivity contribution in [3.8, 4) is 0 Å². The van der Waals surface area contributed by atoms with Crippen molar-refractivity contribution in [3.05, 3.63) is 88.5 Å². The van der Waals surface area contributed by atoms with E-state index in [1.165, 1.54) is 7.11 Å². The number of amides is 1. The Hall–Kier alpha value is -3.87. The third-order valence-electron chi connectivity index (χ3n) is 5.18. The first kappa shape index (κ1) is 18.5. The number of hydrogen-bond donors (Lipinski definition) is 2. The second-order valence-electron chi connectivity index (χ2n) is 6.71. The average molecular weight is 390 g/mol. The van der Waals surface area contributed by atoms with Crippen molar-refractivity contribution >= 4 is 23.3 Å². The fraction of sp³-hybridized carbons (Fsp3) is 0.136. The molecule has 146 valence electrons. The van der Waals surface area contributed by atoms with Gasteiger partial charge in [-0.25, -0.2) is 4.79 Å². The number of allylic oxidation sites excluding steroid dienone is 1. The summed E-state index contributed by atoms with van der Waals surface area (Å²) in [5.74, 6) is -1.98. The molecule has 7 nitrogen and oxygen atoms in total. The summed E-state index contributed by atoms with van der Waals surface area (Å²) in [7, 11) is 1.18. The van der Waals surface area contributed by atoms with Gasteiger partial charge in [-0.15, -0.1) is 0 Å². The van der Waals surface area contributed by atoms with Crippen molar-refractivity contribution in [2.45, 2.75) is 12.3 Å². The van der Waals surface area contributed by atoms with Crippen LogP contribution in [-0.2, 0) is 24.5 Å². The molecule has 4 rings (SSSR count). The fourth-order valence-corrected chi connectivity index (χ4v) is 4.01. The van der Waals surface area contributed by atoms with Crippen molar-refractivity contribution in [1.29, 1.82) is 0 Å². The van der Waals surface area contributed by atoms with Crippen LogP contribution >= 0.6 is 0 Å². The molecule has 0 aromatic heterocycles. The minimum atomic E-state index is -1.77. The number of anilines is 1. The van der Waals surface area contributed by atoms with Gasteiger partial charge in [0, 0.05) is 16.8 Å². The fourth-order valence-electron chi connectivity index (χ4n) is 4.01. The minimum absolute atomic E-state index is 0.0285. The molecule has 0 saturated carbocycles. The Balaban J connectivity index is 2.07. The molecule has 29 heavy (non-hydrogen) atoms. The Bertz CT molecular complexity index is 1120. The molecule has 3 N–H and O–H groups in total. The number of ether oxygens (including phenoxy) is 2. The van der Waals surface area contributed by atoms with Crippen LogP contribution in [0.15, 0.2) is 77.4 Å². The molecule has 7 heteroatoms. The van der Waals surface area contributed by atoms with Crippen LogP contribution in [0.5, 0.6) is 0 Å². The second kappa shape index (κ2) is 6.63. The number of methoxy groups -OCH3 is 1. The van der Waals surface area contributed by atoms with Gasteiger partial charge in [-0.05, 0) is 13.0 Å². The second-order valence-corrected chi connectivity index (χ2v) is 6.71. The zero-order valence-electron chi connectivity index (χ0n) is 15.8. The summed E-state index contributed by atoms with van der Waals surface area (Å²) in [5.41, 5.74) is 5.37. The van der Waals surface area contributed by atoms with Gasteiger partial charge in [-0.1, -0.05) is 48.5 Å². The molecule has 0 aliphatic carbocycles. The lowest BCUT2D eigenvalue weighted by Gasteiger charge is -2.36. The third-order valence-corrected chi connectivity index (χ3v) is 5.18. The molecule has 2 aromatic rings. The van der Waals surface area contributed by atoms with Crippen molar-refractivity contribution in [1.82, 2.24) is 0 Å². The molecule has 1 spiro atoms. The zero-order valence-corrected chi connectivity index (χ0v) is 15.8. The first-order valence-electron chi connectivity index (χ1n) is 8.91. The number of nitrogens with two attached hydrogens (primary N) is 1. The quantitative estimate of drug-likeness (QED) is 0.616. The number of nitrogens with one attached hydrogen (secondary N) is 1. The minimum Gasteiger partial charge on any atom is -0.465 e. The molecule has 2 aliphatic heterocycles. The lowest BCUT2D eigenvalue weighted by atomic mass is 9.66. The van der Waals surface area contributed by atoms with Crippen LogP contribution in [0.2, 0.25) is 0 Å². The van der Waals surface area contributed by atoms with Crippen LogP contribution in [0.3, 0.4) is 0 Å². The summed E-state index contributed by atoms with van der Waals surface area (Å²) >= 11 is 0. The number of Topliss-reactive ketones (excluding diaryl/α,β-unsaturated/α-hetero) is 1. The Morgan fingerprint density at radius 2 is 1.69 bits per heavy atom. The van der Waals surface area contributed by atoms with E-state index in [9.17, 15) is 14.4 Å². The maximum atomic E-state index is 13.6. The van der Waals surface area contributed by atoms with Gasteiger partial charge in [-0.2, -0.15) is 0 Å². The first-order valence-corrected chi connectivity index (χ1v) is 8.91. The Morgan fingerprint density at radius 1 is 1.03 bits per heavy atom. The molecule has 0 radical (unpaired) electrons. The highest BCUT2D eigenvalue weighted by Crippen LogP contribution is 2.52. The molecule has 2 aliphatic rings. The normalized spacial score (nSPS) is 20.3. The molecule has 0 saturated heterocycles. The lowest BCUT2D eigenvalue weighted by molar-refractivity contribution is -0.138. The van der Waals surface area contributed by atoms with Gasteiger partial charge >= 0.3 is 5.97 Å². The summed E-state index contributed by atoms with van der Waals surface area (Å²) in [5, 5.41) is 2.77. The summed E-state index contributed by atoms with van der Waals surface area (Å²) < 4.78 is 10.5. The van der Waals surface area contributed by atoms with E-state index in [-0.39, 0.29) is 22.8 Å². The maximum absolute atomic E-state index is 13.6. The molecule has 2 heterocycles. The summed E-state index contributed by atoms with van der Waals surface area (Å²) in [6.45, 7) is 1.55. The first-order chi connectivity index (χ1) is 13.9. The van der Waals surface area contributed by atoms with Crippen LogP contribution in [0.25, 0.3) is 0 Å². The summed E-state index contributed by atoms with van der Waals surface area (Å²) in [6.07, 6.45) is 0. The van der Waals surface area contributed by atoms with E-state index in [0.29, 0.717) is 16.8 Å². The van der Waals surface area contributed by atoms with Crippen molar-refractivity contribution < 1.29 is 23.9 Å². The van der Waals surface area contributed by atoms with E-state index in [2.05, 4.69) is 5.32 Å². The number of hydrogen-bond acceptors (Lipinski definition) is 6. The largest absolute Gasteiger partial charge is 0.465 e. The van der Waals surface area contributed by atoms with Crippen molar-refractivity contribution in [3.63, 3.8) is 0 Å². The number of carbonyl (C=O) groups excluding carboxylic acids is 3. The van der Waals surface area contributed by atoms with Crippen molar-refractivity contribution in [2.75, 3.05) is 12.4 Å². The van der Waals surface area contributed by atoms with E-state index in [0.717, 1.165) is 0 Å². The topological polar surface area (TPSA) is 108 Å². The smallest absolute Gasteiger partial charge is 0.340 e. The lowest BCUT2D eigenvalue weighted by Crippen LogP contribution is -2.48. The average Bonchev–Trinajstić information content (AvgIpc) is 3.00. The van der Waals surface area contributed by atoms with E-state index < -0.39 is 23.1 Å². The maximum Gasteiger partial charge on any atom is 0.340 e. The molecule has 1 unspecified atom stereocenters. The molecular weight excluding hydrogens is 372 g/mol. The Morgan fingerprint density at radius 3 is 2.38 bits per heavy atom. The van der Waals surface area contributed by atoms with E-state index in [1.54, 1.807) is 61.5 Å². The Labute approximate surface area is 166 Å². The number of rotatable bonds is 3. The predicted octanol–water partition coefficient (Wildman–Crippen LogP) is 2.41. The van der Waals surface area contributed by atoms with Gasteiger partial charge in [0.25, 0.3) is 0 Å². The summed E-state index contributed by atoms with van der Waals surface area (Å²) in [4.78, 5) is 39.7. The van der Waals surface area contributed by atoms with Crippen LogP contribution in [0, 0.1) is 0 Å². The Kier molecular flexibility index (Phi) is 4.23. The van der Waals surface area contributed by atoms with Gasteiger partial charge in [0.1, 0.15) is 16.7 Å². The number of fused-ring (bicyclic) bond motifs is 2. The van der Waals surface area contributed by atoms with Crippen molar-refractivity contribution in [2.24, 2.45) is 5.73 Å². The molecule has 0 bridgehead atoms. The highest BCUT2D eigenvalue weighted by Gasteiger charge is 2.61. The standard InChI is InChI=1S/C22H18N2O5/c1-12-16(18(25)13-8-4-3-5-9-13)22(17(19(23)29-12)20(26)28-2)14-10-6-7-11-15(14)24-21(22)27/h3-11H,23H2,1-2H3,(H,24,27). The van der Waals surface area contributed by atoms with Crippen LogP contribution in [-0.4, -0.2) is 24.8 Å². The highest BCUT2D eigenvalue weighted by molar-refractivity contribution is 6.25. The predicted molar refractivity (Wildman–Crippen MR) is 105 cm³/mol. The number of ketones is 1. The third kappa shape index (κ3) is 2.47. The number of carbonyl (C=O) groups is 3. The molecule has 1 atom stereocenters. The van der Waals surface area contributed by atoms with E-state index in [4.69, 9.17) is 15.2 Å². The van der Waals surface area contributed by atoms with Gasteiger partial charge in [0.05, 0.1) is 12.7 Å². The van der Waals surface area contributed by atoms with Gasteiger partial charge in [0.2, 0.25) is 11.8 Å². The monoisotopic (exact) mass is 390 g/mol. The number of esters is 1. The van der Waals surface area contributed by atoms with Crippen LogP contribution in [0.4, 0.5) is 5.69 Å². The van der Waals surface area contributed by atoms with E-state index >= 15 is 0 Å². The molecule has 0 fully saturated rings. The van der Waals surface area contributed by atoms with E-state index in [1.807, 2.05) is 0 Å². The van der Waals surface area contributed by atoms with Gasteiger partial charge < -0.3 is 20.5 Å². The highest BCUT2D eigenvalue weighted by atomic mass is 16.5. The number of para-hydroxylation sites is 1.